The van der Waals surface area contributed by atoms with E-state index in [1.54, 1.807) is 12.1 Å². The monoisotopic (exact) mass is 291 g/mol. The first-order valence-electron chi connectivity index (χ1n) is 6.32. The molecule has 0 fully saturated rings. The third-order valence-corrected chi connectivity index (χ3v) is 4.60. The van der Waals surface area contributed by atoms with Crippen LogP contribution in [0.4, 0.5) is 5.69 Å². The highest BCUT2D eigenvalue weighted by atomic mass is 35.5. The Balaban J connectivity index is 1.97. The first-order valence-corrected chi connectivity index (χ1v) is 7.51. The zero-order chi connectivity index (χ0) is 13.4. The Morgan fingerprint density at radius 1 is 1.32 bits per heavy atom. The van der Waals surface area contributed by atoms with Gasteiger partial charge in [-0.2, -0.15) is 0 Å². The van der Waals surface area contributed by atoms with Crippen LogP contribution in [0.5, 0.6) is 0 Å². The highest BCUT2D eigenvalue weighted by molar-refractivity contribution is 7.18. The molecule has 4 heteroatoms. The smallest absolute Gasteiger partial charge is 0.268 e. The number of hydrogen-bond donors (Lipinski definition) is 0. The van der Waals surface area contributed by atoms with Crippen molar-refractivity contribution in [2.24, 2.45) is 0 Å². The molecular weight excluding hydrogens is 278 g/mol. The van der Waals surface area contributed by atoms with Crippen molar-refractivity contribution in [3.63, 3.8) is 0 Å². The Bertz CT molecular complexity index is 635. The van der Waals surface area contributed by atoms with E-state index in [9.17, 15) is 4.79 Å². The summed E-state index contributed by atoms with van der Waals surface area (Å²) in [6.07, 6.45) is 2.06. The minimum atomic E-state index is 0.0571. The summed E-state index contributed by atoms with van der Waals surface area (Å²) in [5, 5.41) is 0. The number of anilines is 1. The Morgan fingerprint density at radius 3 is 2.89 bits per heavy atom. The number of carbonyl (C=O) groups is 1. The zero-order valence-corrected chi connectivity index (χ0v) is 12.2. The Labute approximate surface area is 121 Å². The third-order valence-electron chi connectivity index (χ3n) is 3.38. The van der Waals surface area contributed by atoms with Gasteiger partial charge in [0.15, 0.2) is 0 Å². The molecule has 0 saturated carbocycles. The van der Waals surface area contributed by atoms with Crippen molar-refractivity contribution in [1.29, 1.82) is 0 Å². The minimum Gasteiger partial charge on any atom is -0.307 e. The van der Waals surface area contributed by atoms with E-state index in [-0.39, 0.29) is 5.91 Å². The lowest BCUT2D eigenvalue weighted by Gasteiger charge is -2.29. The summed E-state index contributed by atoms with van der Waals surface area (Å²) in [4.78, 5) is 15.1. The third kappa shape index (κ3) is 2.40. The van der Waals surface area contributed by atoms with Gasteiger partial charge < -0.3 is 4.90 Å². The summed E-state index contributed by atoms with van der Waals surface area (Å²) >= 11 is 7.25. The molecule has 0 spiro atoms. The van der Waals surface area contributed by atoms with Gasteiger partial charge in [-0.15, -0.1) is 11.3 Å². The van der Waals surface area contributed by atoms with E-state index in [1.807, 2.05) is 4.90 Å². The summed E-state index contributed by atoms with van der Waals surface area (Å²) < 4.78 is 0.657. The van der Waals surface area contributed by atoms with Gasteiger partial charge in [0.25, 0.3) is 5.91 Å². The second-order valence-corrected chi connectivity index (χ2v) is 6.51. The highest BCUT2D eigenvalue weighted by Crippen LogP contribution is 2.31. The maximum atomic E-state index is 12.5. The first kappa shape index (κ1) is 12.7. The standard InChI is InChI=1S/C15H14ClNOS/c1-10-4-5-12-11(9-10)3-2-8-17(12)15(18)13-6-7-14(16)19-13/h4-7,9H,2-3,8H2,1H3. The second-order valence-electron chi connectivity index (χ2n) is 4.80. The van der Waals surface area contributed by atoms with Crippen LogP contribution in [0.15, 0.2) is 30.3 Å². The van der Waals surface area contributed by atoms with Crippen molar-refractivity contribution in [3.8, 4) is 0 Å². The number of rotatable bonds is 1. The van der Waals surface area contributed by atoms with Gasteiger partial charge in [0.1, 0.15) is 0 Å². The molecule has 0 atom stereocenters. The fourth-order valence-corrected chi connectivity index (χ4v) is 3.49. The molecule has 98 valence electrons. The van der Waals surface area contributed by atoms with E-state index >= 15 is 0 Å². The zero-order valence-electron chi connectivity index (χ0n) is 10.6. The molecule has 2 aromatic rings. The van der Waals surface area contributed by atoms with Gasteiger partial charge in [-0.25, -0.2) is 0 Å². The van der Waals surface area contributed by atoms with Gasteiger partial charge >= 0.3 is 0 Å². The molecule has 1 aliphatic heterocycles. The van der Waals surface area contributed by atoms with Gasteiger partial charge in [0, 0.05) is 12.2 Å². The Morgan fingerprint density at radius 2 is 2.16 bits per heavy atom. The van der Waals surface area contributed by atoms with Crippen LogP contribution in [0.1, 0.15) is 27.2 Å². The maximum absolute atomic E-state index is 12.5. The van der Waals surface area contributed by atoms with E-state index in [2.05, 4.69) is 25.1 Å². The molecule has 0 radical (unpaired) electrons. The molecule has 1 aromatic heterocycles. The lowest BCUT2D eigenvalue weighted by atomic mass is 9.99. The average molecular weight is 292 g/mol. The van der Waals surface area contributed by atoms with Gasteiger partial charge in [-0.3, -0.25) is 4.79 Å². The van der Waals surface area contributed by atoms with Crippen LogP contribution in [0.3, 0.4) is 0 Å². The lowest BCUT2D eigenvalue weighted by Crippen LogP contribution is -2.35. The summed E-state index contributed by atoms with van der Waals surface area (Å²) in [7, 11) is 0. The topological polar surface area (TPSA) is 20.3 Å². The molecule has 1 aromatic carbocycles. The normalized spacial score (nSPS) is 14.3. The van der Waals surface area contributed by atoms with Gasteiger partial charge in [-0.05, 0) is 43.5 Å². The number of thiophene rings is 1. The SMILES string of the molecule is Cc1ccc2c(c1)CCCN2C(=O)c1ccc(Cl)s1. The number of aryl methyl sites for hydroxylation is 2. The number of hydrogen-bond acceptors (Lipinski definition) is 2. The van der Waals surface area contributed by atoms with Crippen LogP contribution < -0.4 is 4.90 Å². The molecule has 1 aliphatic rings. The van der Waals surface area contributed by atoms with Crippen LogP contribution in [-0.4, -0.2) is 12.5 Å². The van der Waals surface area contributed by atoms with Gasteiger partial charge in [0.05, 0.1) is 9.21 Å². The Kier molecular flexibility index (Phi) is 3.33. The summed E-state index contributed by atoms with van der Waals surface area (Å²) in [6, 6.07) is 9.87. The number of carbonyl (C=O) groups excluding carboxylic acids is 1. The number of nitrogens with zero attached hydrogens (tertiary/aromatic N) is 1. The van der Waals surface area contributed by atoms with Crippen LogP contribution in [0.2, 0.25) is 4.34 Å². The van der Waals surface area contributed by atoms with Crippen LogP contribution >= 0.6 is 22.9 Å². The summed E-state index contributed by atoms with van der Waals surface area (Å²) in [5.74, 6) is 0.0571. The number of halogens is 1. The first-order chi connectivity index (χ1) is 9.15. The summed E-state index contributed by atoms with van der Waals surface area (Å²) in [6.45, 7) is 2.87. The quantitative estimate of drug-likeness (QED) is 0.767. The molecule has 0 aliphatic carbocycles. The molecule has 0 unspecified atom stereocenters. The molecule has 0 bridgehead atoms. The molecule has 2 nitrogen and oxygen atoms in total. The lowest BCUT2D eigenvalue weighted by molar-refractivity contribution is 0.0989. The molecule has 2 heterocycles. The highest BCUT2D eigenvalue weighted by Gasteiger charge is 2.24. The Hall–Kier alpha value is -1.32. The van der Waals surface area contributed by atoms with Crippen LogP contribution in [-0.2, 0) is 6.42 Å². The number of amides is 1. The molecule has 3 rings (SSSR count). The second kappa shape index (κ2) is 4.99. The van der Waals surface area contributed by atoms with Gasteiger partial charge in [0.2, 0.25) is 0 Å². The molecule has 0 N–H and O–H groups in total. The average Bonchev–Trinajstić information content (AvgIpc) is 2.83. The van der Waals surface area contributed by atoms with Crippen LogP contribution in [0.25, 0.3) is 0 Å². The predicted octanol–water partition coefficient (Wildman–Crippen LogP) is 4.30. The largest absolute Gasteiger partial charge is 0.307 e. The van der Waals surface area contributed by atoms with E-state index < -0.39 is 0 Å². The van der Waals surface area contributed by atoms with Crippen molar-refractivity contribution in [1.82, 2.24) is 0 Å². The van der Waals surface area contributed by atoms with E-state index in [4.69, 9.17) is 11.6 Å². The molecular formula is C15H14ClNOS. The van der Waals surface area contributed by atoms with Crippen molar-refractivity contribution in [2.45, 2.75) is 19.8 Å². The fourth-order valence-electron chi connectivity index (χ4n) is 2.50. The molecule has 19 heavy (non-hydrogen) atoms. The van der Waals surface area contributed by atoms with Crippen molar-refractivity contribution < 1.29 is 4.79 Å². The van der Waals surface area contributed by atoms with Crippen molar-refractivity contribution in [3.05, 3.63) is 50.7 Å². The van der Waals surface area contributed by atoms with Crippen LogP contribution in [0, 0.1) is 6.92 Å². The molecule has 0 saturated heterocycles. The van der Waals surface area contributed by atoms with Gasteiger partial charge in [-0.1, -0.05) is 29.3 Å². The molecule has 1 amide bonds. The fraction of sp³-hybridized carbons (Fsp3) is 0.267. The minimum absolute atomic E-state index is 0.0571. The number of fused-ring (bicyclic) bond motifs is 1. The van der Waals surface area contributed by atoms with E-state index in [0.717, 1.165) is 25.1 Å². The van der Waals surface area contributed by atoms with E-state index in [0.29, 0.717) is 9.21 Å². The van der Waals surface area contributed by atoms with Crippen molar-refractivity contribution in [2.75, 3.05) is 11.4 Å². The maximum Gasteiger partial charge on any atom is 0.268 e. The summed E-state index contributed by atoms with van der Waals surface area (Å²) in [5.41, 5.74) is 3.56. The number of benzene rings is 1. The van der Waals surface area contributed by atoms with Crippen molar-refractivity contribution >= 4 is 34.5 Å². The predicted molar refractivity (Wildman–Crippen MR) is 80.5 cm³/mol. The van der Waals surface area contributed by atoms with E-state index in [1.165, 1.54) is 22.5 Å².